The monoisotopic (exact) mass is 372 g/mol. The molecular formula is C17H28N2O5S. The van der Waals surface area contributed by atoms with Crippen molar-refractivity contribution in [3.8, 4) is 0 Å². The summed E-state index contributed by atoms with van der Waals surface area (Å²) in [5.74, 6) is -0.393. The molecule has 1 rings (SSSR count). The van der Waals surface area contributed by atoms with Gasteiger partial charge >= 0.3 is 5.97 Å². The Hall–Kier alpha value is -1.74. The first kappa shape index (κ1) is 23.3. The normalized spacial score (nSPS) is 11.3. The second kappa shape index (κ2) is 10.3. The van der Waals surface area contributed by atoms with Crippen LogP contribution in [0.1, 0.15) is 18.9 Å². The average Bonchev–Trinajstić information content (AvgIpc) is 2.45. The van der Waals surface area contributed by atoms with Crippen LogP contribution in [-0.2, 0) is 19.8 Å². The summed E-state index contributed by atoms with van der Waals surface area (Å²) in [5, 5.41) is 0. The largest absolute Gasteiger partial charge is 0.744 e. The lowest BCUT2D eigenvalue weighted by molar-refractivity contribution is -0.870. The summed E-state index contributed by atoms with van der Waals surface area (Å²) in [7, 11) is 2.11. The molecule has 1 aromatic carbocycles. The fourth-order valence-electron chi connectivity index (χ4n) is 1.53. The SMILES string of the molecule is C=C(C)C(=O)ONCCC[N+](C)(C)C.Cc1ccc(S(=O)(=O)[O-])cc1. The zero-order valence-electron chi connectivity index (χ0n) is 15.5. The van der Waals surface area contributed by atoms with Crippen molar-refractivity contribution in [2.75, 3.05) is 34.2 Å². The number of benzene rings is 1. The first-order valence-electron chi connectivity index (χ1n) is 7.75. The summed E-state index contributed by atoms with van der Waals surface area (Å²) >= 11 is 0. The molecule has 0 unspecified atom stereocenters. The minimum Gasteiger partial charge on any atom is -0.744 e. The predicted molar refractivity (Wildman–Crippen MR) is 95.6 cm³/mol. The Morgan fingerprint density at radius 2 is 1.76 bits per heavy atom. The zero-order valence-corrected chi connectivity index (χ0v) is 16.4. The number of nitrogens with one attached hydrogen (secondary N) is 1. The molecular weight excluding hydrogens is 344 g/mol. The van der Waals surface area contributed by atoms with Crippen molar-refractivity contribution in [3.05, 3.63) is 42.0 Å². The number of hydroxylamine groups is 1. The minimum absolute atomic E-state index is 0.178. The van der Waals surface area contributed by atoms with Gasteiger partial charge in [-0.05, 0) is 26.0 Å². The summed E-state index contributed by atoms with van der Waals surface area (Å²) in [5.41, 5.74) is 3.95. The van der Waals surface area contributed by atoms with Crippen LogP contribution < -0.4 is 5.48 Å². The zero-order chi connectivity index (χ0) is 19.7. The number of carbonyl (C=O) groups is 1. The maximum absolute atomic E-state index is 10.9. The third-order valence-electron chi connectivity index (χ3n) is 2.93. The number of quaternary nitrogens is 1. The predicted octanol–water partition coefficient (Wildman–Crippen LogP) is 1.61. The number of aryl methyl sites for hydroxylation is 1. The van der Waals surface area contributed by atoms with Gasteiger partial charge in [0.25, 0.3) is 0 Å². The van der Waals surface area contributed by atoms with Crippen molar-refractivity contribution in [2.24, 2.45) is 0 Å². The number of nitrogens with zero attached hydrogens (tertiary/aromatic N) is 1. The third-order valence-corrected chi connectivity index (χ3v) is 3.78. The van der Waals surface area contributed by atoms with Crippen LogP contribution in [0.25, 0.3) is 0 Å². The van der Waals surface area contributed by atoms with E-state index >= 15 is 0 Å². The molecule has 0 aromatic heterocycles. The summed E-state index contributed by atoms with van der Waals surface area (Å²) in [6, 6.07) is 5.78. The second-order valence-corrected chi connectivity index (χ2v) is 8.08. The quantitative estimate of drug-likeness (QED) is 0.257. The Morgan fingerprint density at radius 3 is 2.16 bits per heavy atom. The lowest BCUT2D eigenvalue weighted by atomic mass is 10.2. The van der Waals surface area contributed by atoms with E-state index in [1.54, 1.807) is 19.1 Å². The van der Waals surface area contributed by atoms with E-state index in [4.69, 9.17) is 4.84 Å². The number of carbonyl (C=O) groups excluding carboxylic acids is 1. The molecule has 0 aliphatic heterocycles. The highest BCUT2D eigenvalue weighted by molar-refractivity contribution is 7.85. The molecule has 0 radical (unpaired) electrons. The second-order valence-electron chi connectivity index (χ2n) is 6.70. The summed E-state index contributed by atoms with van der Waals surface area (Å²) in [4.78, 5) is 15.5. The van der Waals surface area contributed by atoms with E-state index in [0.29, 0.717) is 12.1 Å². The van der Waals surface area contributed by atoms with E-state index in [1.807, 2.05) is 6.92 Å². The van der Waals surface area contributed by atoms with Gasteiger partial charge in [0.15, 0.2) is 0 Å². The van der Waals surface area contributed by atoms with Crippen molar-refractivity contribution in [1.29, 1.82) is 0 Å². The molecule has 0 aliphatic rings. The van der Waals surface area contributed by atoms with Crippen LogP contribution in [0.4, 0.5) is 0 Å². The fourth-order valence-corrected chi connectivity index (χ4v) is 2.00. The van der Waals surface area contributed by atoms with Crippen molar-refractivity contribution >= 4 is 16.1 Å². The molecule has 0 heterocycles. The molecule has 0 aliphatic carbocycles. The molecule has 1 aromatic rings. The van der Waals surface area contributed by atoms with Crippen LogP contribution in [0.15, 0.2) is 41.3 Å². The van der Waals surface area contributed by atoms with Crippen molar-refractivity contribution < 1.29 is 27.1 Å². The Labute approximate surface area is 150 Å². The molecule has 1 N–H and O–H groups in total. The van der Waals surface area contributed by atoms with Crippen molar-refractivity contribution in [3.63, 3.8) is 0 Å². The molecule has 0 fully saturated rings. The van der Waals surface area contributed by atoms with Crippen LogP contribution in [0, 0.1) is 6.92 Å². The minimum atomic E-state index is -4.27. The molecule has 8 heteroatoms. The van der Waals surface area contributed by atoms with Crippen LogP contribution in [0.5, 0.6) is 0 Å². The standard InChI is InChI=1S/C10H21N2O2.C7H8O3S/c1-9(2)10(13)14-11-7-6-8-12(3,4)5;1-6-2-4-7(5-3-6)11(8,9)10/h11H,1,6-8H2,2-5H3;2-5H,1H3,(H,8,9,10)/q+1;/p-1. The first-order valence-corrected chi connectivity index (χ1v) is 9.16. The first-order chi connectivity index (χ1) is 11.3. The number of rotatable bonds is 7. The van der Waals surface area contributed by atoms with E-state index < -0.39 is 16.1 Å². The smallest absolute Gasteiger partial charge is 0.351 e. The highest BCUT2D eigenvalue weighted by atomic mass is 32.2. The van der Waals surface area contributed by atoms with E-state index in [1.165, 1.54) is 12.1 Å². The van der Waals surface area contributed by atoms with Crippen LogP contribution >= 0.6 is 0 Å². The van der Waals surface area contributed by atoms with Gasteiger partial charge in [-0.2, -0.15) is 5.48 Å². The lowest BCUT2D eigenvalue weighted by Crippen LogP contribution is -2.37. The van der Waals surface area contributed by atoms with Crippen LogP contribution in [0.3, 0.4) is 0 Å². The Bertz CT molecular complexity index is 661. The molecule has 7 nitrogen and oxygen atoms in total. The summed E-state index contributed by atoms with van der Waals surface area (Å²) in [6.07, 6.45) is 0.965. The van der Waals surface area contributed by atoms with Crippen LogP contribution in [-0.4, -0.2) is 57.7 Å². The number of hydrogen-bond acceptors (Lipinski definition) is 6. The maximum atomic E-state index is 10.9. The van der Waals surface area contributed by atoms with Gasteiger partial charge in [-0.15, -0.1) is 0 Å². The molecule has 25 heavy (non-hydrogen) atoms. The Balaban J connectivity index is 0.000000472. The van der Waals surface area contributed by atoms with Gasteiger partial charge in [0, 0.05) is 18.5 Å². The fraction of sp³-hybridized carbons (Fsp3) is 0.471. The van der Waals surface area contributed by atoms with Gasteiger partial charge in [-0.1, -0.05) is 24.3 Å². The van der Waals surface area contributed by atoms with Gasteiger partial charge in [0.1, 0.15) is 10.1 Å². The van der Waals surface area contributed by atoms with E-state index in [2.05, 4.69) is 33.2 Å². The van der Waals surface area contributed by atoms with Crippen molar-refractivity contribution in [1.82, 2.24) is 5.48 Å². The van der Waals surface area contributed by atoms with Crippen LogP contribution in [0.2, 0.25) is 0 Å². The molecule has 142 valence electrons. The summed E-state index contributed by atoms with van der Waals surface area (Å²) < 4.78 is 32.1. The van der Waals surface area contributed by atoms with Gasteiger partial charge in [0.05, 0.1) is 32.6 Å². The lowest BCUT2D eigenvalue weighted by Gasteiger charge is -2.23. The summed E-state index contributed by atoms with van der Waals surface area (Å²) in [6.45, 7) is 8.63. The highest BCUT2D eigenvalue weighted by Gasteiger charge is 2.06. The third kappa shape index (κ3) is 12.3. The Kier molecular flexibility index (Phi) is 9.58. The molecule has 0 saturated carbocycles. The van der Waals surface area contributed by atoms with Gasteiger partial charge in [-0.25, -0.2) is 13.2 Å². The Morgan fingerprint density at radius 1 is 1.24 bits per heavy atom. The highest BCUT2D eigenvalue weighted by Crippen LogP contribution is 2.08. The van der Waals surface area contributed by atoms with Crippen molar-refractivity contribution in [2.45, 2.75) is 25.2 Å². The number of hydrogen-bond donors (Lipinski definition) is 1. The van der Waals surface area contributed by atoms with Gasteiger partial charge in [-0.3, -0.25) is 0 Å². The van der Waals surface area contributed by atoms with E-state index in [9.17, 15) is 17.8 Å². The van der Waals surface area contributed by atoms with Gasteiger partial charge in [0.2, 0.25) is 0 Å². The molecule has 0 amide bonds. The van der Waals surface area contributed by atoms with E-state index in [-0.39, 0.29) is 4.90 Å². The molecule has 0 atom stereocenters. The molecule has 0 bridgehead atoms. The average molecular weight is 372 g/mol. The molecule has 0 spiro atoms. The van der Waals surface area contributed by atoms with Gasteiger partial charge < -0.3 is 13.9 Å². The molecule has 0 saturated heterocycles. The van der Waals surface area contributed by atoms with E-state index in [0.717, 1.165) is 23.0 Å². The maximum Gasteiger partial charge on any atom is 0.351 e. The topological polar surface area (TPSA) is 95.5 Å².